The van der Waals surface area contributed by atoms with Gasteiger partial charge < -0.3 is 19.2 Å². The van der Waals surface area contributed by atoms with Gasteiger partial charge >= 0.3 is 21.1 Å². The Morgan fingerprint density at radius 3 is 1.78 bits per heavy atom. The van der Waals surface area contributed by atoms with Crippen LogP contribution in [-0.2, 0) is 26.5 Å². The molecule has 0 radical (unpaired) electrons. The van der Waals surface area contributed by atoms with Crippen molar-refractivity contribution >= 4 is 38.9 Å². The fourth-order valence-electron chi connectivity index (χ4n) is 8.80. The number of nitrogens with zero attached hydrogens (tertiary/aromatic N) is 4. The predicted molar refractivity (Wildman–Crippen MR) is 233 cm³/mol. The Balaban J connectivity index is 0.00000420. The topological polar surface area (TPSA) is 43.2 Å². The van der Waals surface area contributed by atoms with E-state index >= 15 is 0 Å². The molecule has 59 heavy (non-hydrogen) atoms. The molecular weight excluding hydrogens is 904 g/mol. The first-order chi connectivity index (χ1) is 28.8. The predicted octanol–water partition coefficient (Wildman–Crippen LogP) is 12.8. The van der Waals surface area contributed by atoms with Crippen LogP contribution in [-0.4, -0.2) is 14.5 Å². The van der Waals surface area contributed by atoms with Gasteiger partial charge in [-0.15, -0.1) is 41.5 Å². The van der Waals surface area contributed by atoms with Crippen molar-refractivity contribution in [3.63, 3.8) is 0 Å². The summed E-state index contributed by atoms with van der Waals surface area (Å²) in [5, 5.41) is 2.44. The molecule has 6 heteroatoms. The minimum absolute atomic E-state index is 0. The summed E-state index contributed by atoms with van der Waals surface area (Å²) in [4.78, 5) is 12.2. The summed E-state index contributed by atoms with van der Waals surface area (Å²) in [6.45, 7) is 0. The molecule has 0 saturated carbocycles. The van der Waals surface area contributed by atoms with Gasteiger partial charge in [-0.1, -0.05) is 109 Å². The molecule has 1 aliphatic heterocycles. The van der Waals surface area contributed by atoms with Crippen LogP contribution in [0, 0.1) is 12.1 Å². The molecular formula is C53H34N4OPt. The number of para-hydroxylation sites is 5. The van der Waals surface area contributed by atoms with E-state index in [0.29, 0.717) is 11.5 Å². The van der Waals surface area contributed by atoms with Gasteiger partial charge in [0.2, 0.25) is 0 Å². The molecule has 282 valence electrons. The maximum Gasteiger partial charge on any atom is 2.00 e. The summed E-state index contributed by atoms with van der Waals surface area (Å²) in [5.74, 6) is 1.15. The Kier molecular flexibility index (Phi) is 9.24. The third-order valence-electron chi connectivity index (χ3n) is 11.2. The zero-order chi connectivity index (χ0) is 38.5. The van der Waals surface area contributed by atoms with Crippen molar-refractivity contribution < 1.29 is 25.8 Å². The molecule has 10 aromatic rings. The van der Waals surface area contributed by atoms with E-state index in [0.717, 1.165) is 67.4 Å². The molecule has 0 unspecified atom stereocenters. The van der Waals surface area contributed by atoms with Crippen LogP contribution in [0.25, 0.3) is 38.8 Å². The number of benzene rings is 7. The number of anilines is 3. The van der Waals surface area contributed by atoms with Gasteiger partial charge in [0.05, 0.1) is 33.5 Å². The minimum Gasteiger partial charge on any atom is -0.503 e. The first kappa shape index (κ1) is 36.3. The van der Waals surface area contributed by atoms with E-state index in [4.69, 9.17) is 14.7 Å². The molecule has 0 atom stereocenters. The van der Waals surface area contributed by atoms with Gasteiger partial charge in [-0.3, -0.25) is 4.98 Å². The number of hydrogen-bond donors (Lipinski definition) is 0. The zero-order valence-electron chi connectivity index (χ0n) is 31.6. The molecule has 0 fully saturated rings. The van der Waals surface area contributed by atoms with E-state index in [1.54, 1.807) is 0 Å². The van der Waals surface area contributed by atoms with Crippen molar-refractivity contribution in [3.05, 3.63) is 241 Å². The van der Waals surface area contributed by atoms with E-state index in [1.807, 2.05) is 48.8 Å². The van der Waals surface area contributed by atoms with Crippen LogP contribution in [0.5, 0.6) is 11.5 Å². The van der Waals surface area contributed by atoms with Crippen LogP contribution in [0.1, 0.15) is 22.4 Å². The van der Waals surface area contributed by atoms with Crippen LogP contribution in [0.3, 0.4) is 0 Å². The number of hydrogen-bond acceptors (Lipinski definition) is 4. The van der Waals surface area contributed by atoms with Gasteiger partial charge in [0, 0.05) is 46.0 Å². The minimum atomic E-state index is -0.804. The standard InChI is InChI=1S/C53H34N4O.Pt/c1-2-18-39(19-3-1)56-50-28-10-6-24-45(50)53(52-30-12-13-32-55-52,46-25-7-11-29-51(46)56)38-17-15-21-42(35-38)58-41-20-14-16-37(34-41)47-36-40(31-33-54-47)57-48-26-8-4-22-43(48)44-23-5-9-27-49(44)57;/h1-33,36H;/q-2;+2. The molecule has 0 aliphatic carbocycles. The molecule has 0 bridgehead atoms. The molecule has 0 spiro atoms. The van der Waals surface area contributed by atoms with E-state index in [-0.39, 0.29) is 21.1 Å². The Morgan fingerprint density at radius 2 is 1.08 bits per heavy atom. The quantitative estimate of drug-likeness (QED) is 0.149. The van der Waals surface area contributed by atoms with E-state index in [2.05, 4.69) is 179 Å². The summed E-state index contributed by atoms with van der Waals surface area (Å²) in [7, 11) is 0. The number of pyridine rings is 2. The summed E-state index contributed by atoms with van der Waals surface area (Å²) in [5.41, 5.74) is 11.4. The molecule has 7 aromatic carbocycles. The van der Waals surface area contributed by atoms with Crippen molar-refractivity contribution in [2.75, 3.05) is 4.90 Å². The first-order valence-corrected chi connectivity index (χ1v) is 19.4. The van der Waals surface area contributed by atoms with E-state index in [9.17, 15) is 0 Å². The number of aromatic nitrogens is 3. The third-order valence-corrected chi connectivity index (χ3v) is 11.2. The summed E-state index contributed by atoms with van der Waals surface area (Å²) in [6.07, 6.45) is 3.74. The van der Waals surface area contributed by atoms with Gasteiger partial charge in [-0.25, -0.2) is 0 Å². The summed E-state index contributed by atoms with van der Waals surface area (Å²) < 4.78 is 8.96. The van der Waals surface area contributed by atoms with Crippen LogP contribution < -0.4 is 9.64 Å². The normalized spacial score (nSPS) is 12.7. The van der Waals surface area contributed by atoms with Gasteiger partial charge in [-0.2, -0.15) is 12.1 Å². The van der Waals surface area contributed by atoms with Crippen LogP contribution in [0.15, 0.2) is 207 Å². The first-order valence-electron chi connectivity index (χ1n) is 19.4. The Bertz CT molecular complexity index is 3020. The van der Waals surface area contributed by atoms with Crippen molar-refractivity contribution in [2.45, 2.75) is 5.41 Å². The molecule has 0 N–H and O–H groups in total. The van der Waals surface area contributed by atoms with E-state index in [1.165, 1.54) is 10.8 Å². The van der Waals surface area contributed by atoms with Crippen LogP contribution >= 0.6 is 0 Å². The maximum atomic E-state index is 6.66. The largest absolute Gasteiger partial charge is 2.00 e. The van der Waals surface area contributed by atoms with Gasteiger partial charge in [-0.05, 0) is 71.4 Å². The zero-order valence-corrected chi connectivity index (χ0v) is 33.9. The number of ether oxygens (including phenoxy) is 1. The molecule has 11 rings (SSSR count). The number of rotatable bonds is 7. The second-order valence-corrected chi connectivity index (χ2v) is 14.4. The Labute approximate surface area is 357 Å². The fraction of sp³-hybridized carbons (Fsp3) is 0.0189. The average Bonchev–Trinajstić information content (AvgIpc) is 3.63. The number of fused-ring (bicyclic) bond motifs is 5. The fourth-order valence-corrected chi connectivity index (χ4v) is 8.80. The Hall–Kier alpha value is -7.07. The molecule has 3 aromatic heterocycles. The second-order valence-electron chi connectivity index (χ2n) is 14.4. The van der Waals surface area contributed by atoms with Gasteiger partial charge in [0.1, 0.15) is 0 Å². The Morgan fingerprint density at radius 1 is 0.475 bits per heavy atom. The second kappa shape index (κ2) is 15.0. The van der Waals surface area contributed by atoms with Crippen molar-refractivity contribution in [1.29, 1.82) is 0 Å². The summed E-state index contributed by atoms with van der Waals surface area (Å²) >= 11 is 0. The summed E-state index contributed by atoms with van der Waals surface area (Å²) in [6, 6.07) is 74.5. The molecule has 0 saturated heterocycles. The van der Waals surface area contributed by atoms with E-state index < -0.39 is 5.41 Å². The molecule has 5 nitrogen and oxygen atoms in total. The van der Waals surface area contributed by atoms with Gasteiger partial charge in [0.25, 0.3) is 0 Å². The van der Waals surface area contributed by atoms with Crippen molar-refractivity contribution in [1.82, 2.24) is 14.5 Å². The third kappa shape index (κ3) is 5.97. The SMILES string of the molecule is [Pt+2].[c-]1c(Oc2[c-]c(C3(c4ccccn4)c4ccccc4N(c4ccccc4)c4ccccc43)ccc2)cccc1-c1cc(-n2c3ccccc3c3ccccc32)ccn1. The van der Waals surface area contributed by atoms with Crippen molar-refractivity contribution in [2.24, 2.45) is 0 Å². The maximum absolute atomic E-state index is 6.66. The van der Waals surface area contributed by atoms with Crippen LogP contribution in [0.2, 0.25) is 0 Å². The molecule has 1 aliphatic rings. The smallest absolute Gasteiger partial charge is 0.503 e. The average molecular weight is 938 g/mol. The van der Waals surface area contributed by atoms with Gasteiger partial charge in [0.15, 0.2) is 0 Å². The molecule has 0 amide bonds. The van der Waals surface area contributed by atoms with Crippen molar-refractivity contribution in [3.8, 4) is 28.4 Å². The van der Waals surface area contributed by atoms with Crippen LogP contribution in [0.4, 0.5) is 17.1 Å². The molecule has 4 heterocycles. The monoisotopic (exact) mass is 937 g/mol.